The van der Waals surface area contributed by atoms with Gasteiger partial charge in [0.2, 0.25) is 70.9 Å². The van der Waals surface area contributed by atoms with E-state index in [0.717, 1.165) is 65.2 Å². The molecule has 110 heavy (non-hydrogen) atoms. The molecule has 45 heteroatoms. The lowest BCUT2D eigenvalue weighted by molar-refractivity contribution is -0.332. The van der Waals surface area contributed by atoms with E-state index in [4.69, 9.17) is 39.3 Å². The smallest absolute Gasteiger partial charge is 0.322 e. The van der Waals surface area contributed by atoms with Crippen molar-refractivity contribution in [2.24, 2.45) is 11.7 Å². The molecule has 30 atom stereocenters. The van der Waals surface area contributed by atoms with E-state index in [1.54, 1.807) is 0 Å². The lowest BCUT2D eigenvalue weighted by atomic mass is 9.94. The molecule has 626 valence electrons. The molecule has 0 saturated carbocycles. The van der Waals surface area contributed by atoms with Crippen molar-refractivity contribution in [2.45, 2.75) is 285 Å². The molecule has 0 aromatic heterocycles. The average Bonchev–Trinajstić information content (AvgIpc) is 0.837. The summed E-state index contributed by atoms with van der Waals surface area (Å²) in [6, 6.07) is -21.4. The number of hydrogen-bond donors (Lipinski definition) is 24. The summed E-state index contributed by atoms with van der Waals surface area (Å²) in [6.45, 7) is 8.33. The predicted molar refractivity (Wildman–Crippen MR) is 367 cm³/mol. The van der Waals surface area contributed by atoms with Crippen molar-refractivity contribution >= 4 is 76.9 Å². The third kappa shape index (κ3) is 24.0. The molecule has 5 aliphatic heterocycles. The number of aliphatic carboxylic acids is 1. The molecule has 12 amide bonds. The SMILES string of the molecule is CC(=O)N[C@H]1[C@@H](O[C@H](C)[C@H](NC(=O)[C@@H]2CCCN2C(=O)[C@@H](NC(=O)[C@@H](NC(=O)[C@@H](NC(=O)[C@@H](NC(=O)[C@@H](N)[C@@H](C)O)[C@@H](C)O)[C@@H](C)O[C@H]2O[C@H](CO)[C@H](O)[C@H](O[C@@H]3O[C@H](CO)[C@@H](O)[C@H](O)[C@H]3NC(C)=O)[C@H]2NC(C)=O)C(C)C)[C@@H](C)O)C(=O)N2CCC[C@H]2C(=O)N[C@H](C(=O)NCC(=O)O)[C@@H](C)O)O[C@H](CO)[C@H](O)[C@@H]1O. The van der Waals surface area contributed by atoms with Gasteiger partial charge in [0.25, 0.3) is 0 Å². The molecule has 0 unspecified atom stereocenters. The Morgan fingerprint density at radius 1 is 0.445 bits per heavy atom. The van der Waals surface area contributed by atoms with Crippen LogP contribution in [0.4, 0.5) is 0 Å². The van der Waals surface area contributed by atoms with E-state index in [9.17, 15) is 114 Å². The molecule has 5 rings (SSSR count). The Morgan fingerprint density at radius 3 is 1.25 bits per heavy atom. The molecule has 0 aromatic carbocycles. The number of aliphatic hydroxyl groups excluding tert-OH is 12. The van der Waals surface area contributed by atoms with Crippen LogP contribution in [0.1, 0.15) is 102 Å². The van der Waals surface area contributed by atoms with Crippen LogP contribution >= 0.6 is 0 Å². The Bertz CT molecular complexity index is 3200. The Labute approximate surface area is 631 Å². The zero-order valence-electron chi connectivity index (χ0n) is 62.5. The number of rotatable bonds is 36. The Hall–Kier alpha value is -7.65. The van der Waals surface area contributed by atoms with Crippen molar-refractivity contribution in [3.8, 4) is 0 Å². The topological polar surface area (TPSA) is 693 Å². The van der Waals surface area contributed by atoms with Gasteiger partial charge in [0.05, 0.1) is 56.4 Å². The van der Waals surface area contributed by atoms with Gasteiger partial charge in [-0.3, -0.25) is 62.3 Å². The summed E-state index contributed by atoms with van der Waals surface area (Å²) in [7, 11) is 0. The standard InChI is InChI=1S/C65H109N13O32/c1-22(2)39(71-60(102)43(75-59(101)41(25(5)84)73-56(98)38(66)23(3)82)27(7)105-65-47(70-31(11)88)53(50(93)36(21-81)109-65)110-64-46(69-30(10)87)52(95)49(92)35(20-80)108-64)58(100)74-42(26(6)85)61(103)77-16-12-15-33(77)55(97)76-44(28(8)106-63-45(68-29(9)86)51(94)48(91)34(19-79)107-63)62(104)78-17-13-14-32(78)54(96)72-40(24(4)83)57(99)67-18-37(89)90/h22-28,32-36,38-53,63-65,79-85,91-95H,12-21,66H2,1-11H3,(H,67,99)(H,68,86)(H,69,87)(H,70,88)(H,71,102)(H,72,96)(H,73,98)(H,74,100)(H,75,101)(H,76,97)(H,89,90)/t23-,24-,25-,26-,27-,28-,32+,33+,34-,35-,36-,38+,39+,40+,41+,42+,43+,44+,45-,46-,47-,48+,49-,50+,51-,52-,53-,63+,64+,65+/m1/s1. The van der Waals surface area contributed by atoms with Gasteiger partial charge < -0.3 is 164 Å². The predicted octanol–water partition coefficient (Wildman–Crippen LogP) is -13.7. The number of aliphatic hydroxyl groups is 12. The number of ether oxygens (including phenoxy) is 6. The summed E-state index contributed by atoms with van der Waals surface area (Å²) in [5.41, 5.74) is 5.82. The highest BCUT2D eigenvalue weighted by Crippen LogP contribution is 2.32. The highest BCUT2D eigenvalue weighted by molar-refractivity contribution is 5.99. The maximum atomic E-state index is 15.1. The Kier molecular flexibility index (Phi) is 35.3. The molecule has 0 aromatic rings. The van der Waals surface area contributed by atoms with Crippen molar-refractivity contribution in [3.05, 3.63) is 0 Å². The lowest BCUT2D eigenvalue weighted by Crippen LogP contribution is -2.70. The number of nitrogens with one attached hydrogen (secondary N) is 10. The molecule has 0 aliphatic carbocycles. The van der Waals surface area contributed by atoms with Gasteiger partial charge in [-0.2, -0.15) is 0 Å². The summed E-state index contributed by atoms with van der Waals surface area (Å²) < 4.78 is 35.9. The van der Waals surface area contributed by atoms with Crippen molar-refractivity contribution in [2.75, 3.05) is 39.5 Å². The largest absolute Gasteiger partial charge is 0.480 e. The highest BCUT2D eigenvalue weighted by Gasteiger charge is 2.55. The van der Waals surface area contributed by atoms with Crippen LogP contribution in [0.5, 0.6) is 0 Å². The van der Waals surface area contributed by atoms with E-state index >= 15 is 9.59 Å². The van der Waals surface area contributed by atoms with Crippen molar-refractivity contribution in [1.82, 2.24) is 63.0 Å². The zero-order valence-corrected chi connectivity index (χ0v) is 62.5. The fourth-order valence-corrected chi connectivity index (χ4v) is 13.1. The summed E-state index contributed by atoms with van der Waals surface area (Å²) in [4.78, 5) is 181. The van der Waals surface area contributed by atoms with E-state index in [2.05, 4.69) is 47.9 Å². The fourth-order valence-electron chi connectivity index (χ4n) is 13.1. The van der Waals surface area contributed by atoms with E-state index in [1.165, 1.54) is 20.8 Å². The van der Waals surface area contributed by atoms with Crippen molar-refractivity contribution in [3.63, 3.8) is 0 Å². The molecule has 5 aliphatic rings. The second-order valence-corrected chi connectivity index (χ2v) is 28.2. The van der Waals surface area contributed by atoms with E-state index in [1.807, 2.05) is 5.32 Å². The van der Waals surface area contributed by atoms with Crippen LogP contribution in [0.15, 0.2) is 0 Å². The highest BCUT2D eigenvalue weighted by atomic mass is 16.7. The maximum Gasteiger partial charge on any atom is 0.322 e. The van der Waals surface area contributed by atoms with Gasteiger partial charge in [0, 0.05) is 33.9 Å². The third-order valence-electron chi connectivity index (χ3n) is 19.1. The normalized spacial score (nSPS) is 30.5. The molecule has 5 heterocycles. The van der Waals surface area contributed by atoms with Crippen molar-refractivity contribution < 1.29 is 157 Å². The number of carbonyl (C=O) groups excluding carboxylic acids is 12. The van der Waals surface area contributed by atoms with Gasteiger partial charge in [-0.05, 0) is 73.1 Å². The number of carboxylic acids is 1. The van der Waals surface area contributed by atoms with Gasteiger partial charge >= 0.3 is 5.97 Å². The first-order chi connectivity index (χ1) is 51.4. The van der Waals surface area contributed by atoms with Crippen LogP contribution < -0.4 is 58.9 Å². The van der Waals surface area contributed by atoms with Gasteiger partial charge in [0.1, 0.15) is 134 Å². The van der Waals surface area contributed by atoms with Gasteiger partial charge in [-0.25, -0.2) is 0 Å². The minimum atomic E-state index is -2.16. The molecular weight excluding hydrogens is 1470 g/mol. The first kappa shape index (κ1) is 93.0. The molecule has 45 nitrogen and oxygen atoms in total. The summed E-state index contributed by atoms with van der Waals surface area (Å²) in [5.74, 6) is -15.5. The summed E-state index contributed by atoms with van der Waals surface area (Å²) >= 11 is 0. The minimum absolute atomic E-state index is 0.0521. The van der Waals surface area contributed by atoms with Crippen LogP contribution in [0.2, 0.25) is 0 Å². The first-order valence-electron chi connectivity index (χ1n) is 35.8. The second kappa shape index (κ2) is 41.8. The Morgan fingerprint density at radius 2 is 0.809 bits per heavy atom. The van der Waals surface area contributed by atoms with Crippen LogP contribution in [-0.2, 0) is 90.8 Å². The number of likely N-dealkylation sites (tertiary alicyclic amines) is 2. The summed E-state index contributed by atoms with van der Waals surface area (Å²) in [5, 5.41) is 162. The molecule has 5 fully saturated rings. The fraction of sp³-hybridized carbons (Fsp3) is 0.800. The third-order valence-corrected chi connectivity index (χ3v) is 19.1. The number of hydrogen-bond acceptors (Lipinski definition) is 32. The van der Waals surface area contributed by atoms with Crippen LogP contribution in [0.3, 0.4) is 0 Å². The molecule has 0 radical (unpaired) electrons. The van der Waals surface area contributed by atoms with Crippen LogP contribution in [0, 0.1) is 5.92 Å². The molecular formula is C65H109N13O32. The number of nitrogens with zero attached hydrogens (tertiary/aromatic N) is 2. The Balaban J connectivity index is 1.50. The first-order valence-corrected chi connectivity index (χ1v) is 35.8. The molecule has 25 N–H and O–H groups in total. The zero-order chi connectivity index (χ0) is 82.9. The minimum Gasteiger partial charge on any atom is -0.480 e. The van der Waals surface area contributed by atoms with Crippen molar-refractivity contribution in [1.29, 1.82) is 0 Å². The molecule has 0 spiro atoms. The lowest BCUT2D eigenvalue weighted by Gasteiger charge is -2.48. The number of carbonyl (C=O) groups is 13. The van der Waals surface area contributed by atoms with Crippen LogP contribution in [0.25, 0.3) is 0 Å². The number of amides is 12. The number of carboxylic acid groups (broad SMARTS) is 1. The van der Waals surface area contributed by atoms with Gasteiger partial charge in [-0.15, -0.1) is 0 Å². The van der Waals surface area contributed by atoms with Gasteiger partial charge in [-0.1, -0.05) is 13.8 Å². The molecule has 5 saturated heterocycles. The monoisotopic (exact) mass is 1580 g/mol. The van der Waals surface area contributed by atoms with E-state index < -0.39 is 292 Å². The average molecular weight is 1580 g/mol. The van der Waals surface area contributed by atoms with Gasteiger partial charge in [0.15, 0.2) is 18.9 Å². The number of nitrogens with two attached hydrogens (primary N) is 1. The maximum absolute atomic E-state index is 15.1. The summed E-state index contributed by atoms with van der Waals surface area (Å²) in [6.07, 6.45) is -32.3. The quantitative estimate of drug-likeness (QED) is 0.0277. The molecule has 0 bridgehead atoms. The van der Waals surface area contributed by atoms with E-state index in [0.29, 0.717) is 0 Å². The second-order valence-electron chi connectivity index (χ2n) is 28.2. The van der Waals surface area contributed by atoms with E-state index in [-0.39, 0.29) is 38.8 Å². The van der Waals surface area contributed by atoms with Crippen LogP contribution in [-0.4, -0.2) is 375 Å².